The summed E-state index contributed by atoms with van der Waals surface area (Å²) in [6.07, 6.45) is 0.648. The van der Waals surface area contributed by atoms with E-state index in [0.717, 1.165) is 30.0 Å². The molecule has 1 aromatic heterocycles. The highest BCUT2D eigenvalue weighted by molar-refractivity contribution is 8.03. The van der Waals surface area contributed by atoms with Gasteiger partial charge < -0.3 is 39.9 Å². The fraction of sp³-hybridized carbons (Fsp3) is 0.500. The van der Waals surface area contributed by atoms with Crippen LogP contribution in [0, 0.1) is 18.3 Å². The second-order valence-electron chi connectivity index (χ2n) is 13.8. The van der Waals surface area contributed by atoms with E-state index in [-0.39, 0.29) is 34.4 Å². The summed E-state index contributed by atoms with van der Waals surface area (Å²) in [5.41, 5.74) is 1.50. The predicted molar refractivity (Wildman–Crippen MR) is 188 cm³/mol. The lowest BCUT2D eigenvalue weighted by atomic mass is 9.83. The largest absolute Gasteiger partial charge is 0.480 e. The quantitative estimate of drug-likeness (QED) is 0.150. The molecule has 4 saturated heterocycles. The van der Waals surface area contributed by atoms with Crippen molar-refractivity contribution in [2.75, 3.05) is 13.1 Å². The van der Waals surface area contributed by atoms with Crippen molar-refractivity contribution < 1.29 is 43.8 Å². The molecule has 7 atom stereocenters. The minimum Gasteiger partial charge on any atom is -0.480 e. The maximum atomic E-state index is 12.9. The van der Waals surface area contributed by atoms with E-state index >= 15 is 0 Å². The molecule has 15 nitrogen and oxygen atoms in total. The van der Waals surface area contributed by atoms with Crippen LogP contribution >= 0.6 is 23.5 Å². The maximum absolute atomic E-state index is 12.9. The number of aliphatic hydroxyl groups is 1. The van der Waals surface area contributed by atoms with Crippen LogP contribution in [0.3, 0.4) is 0 Å². The van der Waals surface area contributed by atoms with Gasteiger partial charge in [0.25, 0.3) is 5.91 Å². The van der Waals surface area contributed by atoms with Gasteiger partial charge in [-0.2, -0.15) is 0 Å². The van der Waals surface area contributed by atoms with Gasteiger partial charge in [0.05, 0.1) is 23.9 Å². The number of carbonyl (C=O) groups is 5. The van der Waals surface area contributed by atoms with Crippen molar-refractivity contribution in [2.24, 2.45) is 5.92 Å². The number of aliphatic hydroxyl groups excluding tert-OH is 1. The number of fused-ring (bicyclic) bond motifs is 2. The first kappa shape index (κ1) is 36.4. The number of hydrogen-bond acceptors (Lipinski definition) is 11. The van der Waals surface area contributed by atoms with Crippen LogP contribution in [-0.2, 0) is 19.2 Å². The van der Waals surface area contributed by atoms with Crippen molar-refractivity contribution in [3.05, 3.63) is 52.3 Å². The first-order valence-electron chi connectivity index (χ1n) is 16.5. The number of rotatable bonds is 8. The second kappa shape index (κ2) is 13.7. The van der Waals surface area contributed by atoms with Crippen LogP contribution in [0.1, 0.15) is 56.7 Å². The van der Waals surface area contributed by atoms with Gasteiger partial charge in [0.2, 0.25) is 11.8 Å². The molecule has 3 amide bonds. The highest BCUT2D eigenvalue weighted by Crippen LogP contribution is 2.51. The van der Waals surface area contributed by atoms with E-state index in [9.17, 15) is 39.3 Å². The second-order valence-corrected chi connectivity index (χ2v) is 16.9. The molecule has 0 bridgehead atoms. The molecule has 17 heteroatoms. The molecule has 0 radical (unpaired) electrons. The molecule has 2 aromatic rings. The van der Waals surface area contributed by atoms with E-state index in [0.29, 0.717) is 23.7 Å². The number of carbonyl (C=O) groups excluding carboxylic acids is 3. The summed E-state index contributed by atoms with van der Waals surface area (Å²) >= 11 is 2.90. The Morgan fingerprint density at radius 3 is 2.43 bits per heavy atom. The Bertz CT molecular complexity index is 1830. The number of β-lactam (4-membered cyclic amide) rings is 2. The number of amides is 3. The fourth-order valence-electron chi connectivity index (χ4n) is 7.46. The molecular formula is C34H40N6O9S2. The van der Waals surface area contributed by atoms with Gasteiger partial charge >= 0.3 is 11.9 Å². The van der Waals surface area contributed by atoms with Crippen molar-refractivity contribution in [3.63, 3.8) is 0 Å². The summed E-state index contributed by atoms with van der Waals surface area (Å²) in [5.74, 6) is -2.88. The molecule has 7 rings (SSSR count). The summed E-state index contributed by atoms with van der Waals surface area (Å²) < 4.78 is 4.57. The van der Waals surface area contributed by atoms with Crippen molar-refractivity contribution in [1.29, 1.82) is 5.41 Å². The monoisotopic (exact) mass is 740 g/mol. The number of benzene rings is 1. The van der Waals surface area contributed by atoms with Gasteiger partial charge in [0, 0.05) is 40.0 Å². The number of carboxylic acid groups (broad SMARTS) is 2. The summed E-state index contributed by atoms with van der Waals surface area (Å²) in [4.78, 5) is 66.3. The SMILES string of the molecule is CC(=N)N1CC[C@H](SC2=C(C(=O)O)N3C(=O)[C@H]([C@@H](C)O)[C@H]3C2)C1.Cc1onc(-c2ccccc2)c1C(=O)N[C@@H]1C(=O)N2[C@@H]1SC(C)(C)[C@@H]2C(=O)O. The van der Waals surface area contributed by atoms with E-state index in [2.05, 4.69) is 10.5 Å². The Morgan fingerprint density at radius 2 is 1.84 bits per heavy atom. The van der Waals surface area contributed by atoms with Crippen molar-refractivity contribution in [2.45, 2.75) is 87.1 Å². The Labute approximate surface area is 302 Å². The van der Waals surface area contributed by atoms with Crippen molar-refractivity contribution in [1.82, 2.24) is 25.2 Å². The van der Waals surface area contributed by atoms with Crippen molar-refractivity contribution >= 4 is 59.0 Å². The first-order chi connectivity index (χ1) is 24.0. The van der Waals surface area contributed by atoms with Crippen LogP contribution in [0.2, 0.25) is 0 Å². The summed E-state index contributed by atoms with van der Waals surface area (Å²) in [6, 6.07) is 7.23. The van der Waals surface area contributed by atoms with Crippen LogP contribution in [0.25, 0.3) is 11.3 Å². The lowest BCUT2D eigenvalue weighted by Gasteiger charge is -2.44. The zero-order valence-corrected chi connectivity index (χ0v) is 30.3. The van der Waals surface area contributed by atoms with Crippen LogP contribution < -0.4 is 5.32 Å². The molecule has 5 aliphatic heterocycles. The third-order valence-electron chi connectivity index (χ3n) is 9.92. The van der Waals surface area contributed by atoms with E-state index in [1.165, 1.54) is 33.3 Å². The Kier molecular flexibility index (Phi) is 9.75. The standard InChI is InChI=1S/C19H19N3O5S.C15H21N3O4S/c1-9-11(12(21-27-9)10-7-5-4-6-8-10)15(23)20-13-16(24)22-14(18(25)26)19(2,3)28-17(13)22;1-7(19)12-10-5-11(13(15(21)22)18(10)14(12)20)23-9-3-4-17(6-9)8(2)16/h4-8,13-14,17H,1-3H3,(H,20,23)(H,25,26);7,9-10,12,16,19H,3-6H2,1-2H3,(H,21,22)/t13-,14+,17-;7-,9+,10-,12-/m11/s1. The summed E-state index contributed by atoms with van der Waals surface area (Å²) in [5, 5.41) is 42.9. The van der Waals surface area contributed by atoms with Gasteiger partial charge in [-0.05, 0) is 41.0 Å². The minimum atomic E-state index is -1.08. The molecule has 0 aliphatic carbocycles. The Morgan fingerprint density at radius 1 is 1.16 bits per heavy atom. The topological polar surface area (TPSA) is 218 Å². The maximum Gasteiger partial charge on any atom is 0.353 e. The van der Waals surface area contributed by atoms with Gasteiger partial charge in [-0.25, -0.2) is 9.59 Å². The first-order valence-corrected chi connectivity index (χ1v) is 18.3. The summed E-state index contributed by atoms with van der Waals surface area (Å²) in [6.45, 7) is 10.1. The van der Waals surface area contributed by atoms with E-state index in [4.69, 9.17) is 9.93 Å². The van der Waals surface area contributed by atoms with E-state index < -0.39 is 52.1 Å². The molecule has 5 aliphatic rings. The highest BCUT2D eigenvalue weighted by atomic mass is 32.2. The van der Waals surface area contributed by atoms with E-state index in [1.54, 1.807) is 34.6 Å². The number of carboxylic acids is 2. The molecule has 0 unspecified atom stereocenters. The average molecular weight is 741 g/mol. The van der Waals surface area contributed by atoms with Gasteiger partial charge in [0.15, 0.2) is 0 Å². The van der Waals surface area contributed by atoms with E-state index in [1.807, 2.05) is 35.2 Å². The highest BCUT2D eigenvalue weighted by Gasteiger charge is 2.64. The van der Waals surface area contributed by atoms with Crippen LogP contribution in [0.5, 0.6) is 0 Å². The molecule has 1 aromatic carbocycles. The lowest BCUT2D eigenvalue weighted by molar-refractivity contribution is -0.161. The van der Waals surface area contributed by atoms with Gasteiger partial charge in [-0.1, -0.05) is 35.5 Å². The van der Waals surface area contributed by atoms with Crippen LogP contribution in [-0.4, -0.2) is 123 Å². The molecule has 0 saturated carbocycles. The minimum absolute atomic E-state index is 0.0897. The summed E-state index contributed by atoms with van der Waals surface area (Å²) in [7, 11) is 0. The zero-order chi connectivity index (χ0) is 37.1. The van der Waals surface area contributed by atoms with Crippen LogP contribution in [0.15, 0.2) is 45.5 Å². The number of hydrogen-bond donors (Lipinski definition) is 5. The number of likely N-dealkylation sites (tertiary alicyclic amines) is 1. The normalized spacial score (nSPS) is 27.9. The average Bonchev–Trinajstić information content (AvgIpc) is 3.82. The predicted octanol–water partition coefficient (Wildman–Crippen LogP) is 2.59. The molecule has 51 heavy (non-hydrogen) atoms. The number of aliphatic carboxylic acids is 2. The third kappa shape index (κ3) is 6.39. The number of thioether (sulfide) groups is 2. The van der Waals surface area contributed by atoms with Gasteiger partial charge in [-0.3, -0.25) is 19.8 Å². The molecule has 272 valence electrons. The molecule has 0 spiro atoms. The third-order valence-corrected chi connectivity index (χ3v) is 12.9. The molecule has 5 N–H and O–H groups in total. The molecular weight excluding hydrogens is 701 g/mol. The van der Waals surface area contributed by atoms with Crippen molar-refractivity contribution in [3.8, 4) is 11.3 Å². The number of aryl methyl sites for hydroxylation is 1. The zero-order valence-electron chi connectivity index (χ0n) is 28.7. The number of nitrogens with one attached hydrogen (secondary N) is 2. The molecule has 4 fully saturated rings. The van der Waals surface area contributed by atoms with Crippen LogP contribution in [0.4, 0.5) is 0 Å². The Hall–Kier alpha value is -4.35. The Balaban J connectivity index is 0.000000179. The van der Waals surface area contributed by atoms with Gasteiger partial charge in [-0.15, -0.1) is 23.5 Å². The smallest absolute Gasteiger partial charge is 0.353 e. The fourth-order valence-corrected chi connectivity index (χ4v) is 10.5. The lowest BCUT2D eigenvalue weighted by Crippen LogP contribution is -2.70. The number of aromatic nitrogens is 1. The van der Waals surface area contributed by atoms with Gasteiger partial charge in [0.1, 0.15) is 40.2 Å². The number of nitrogens with zero attached hydrogens (tertiary/aromatic N) is 4. The molecule has 6 heterocycles. The number of amidine groups is 1.